The number of halogens is 3. The second-order valence-electron chi connectivity index (χ2n) is 2.12. The fraction of sp³-hybridized carbons (Fsp3) is 0.286. The maximum Gasteiger partial charge on any atom is 0.354 e. The minimum atomic E-state index is -0.460. The van der Waals surface area contributed by atoms with Gasteiger partial charge in [0.2, 0.25) is 0 Å². The number of ether oxygens (including phenoxy) is 1. The minimum Gasteiger partial charge on any atom is -0.495 e. The molecule has 6 heteroatoms. The summed E-state index contributed by atoms with van der Waals surface area (Å²) < 4.78 is 10.00. The van der Waals surface area contributed by atoms with Crippen LogP contribution in [0.5, 0.6) is 5.75 Å². The third kappa shape index (κ3) is 2.57. The predicted octanol–water partition coefficient (Wildman–Crippen LogP) is 3.20. The zero-order valence-electron chi connectivity index (χ0n) is 6.51. The topological polar surface area (TPSA) is 39.4 Å². The average molecular weight is 377 g/mol. The number of hydrogen-bond donors (Lipinski definition) is 0. The van der Waals surface area contributed by atoms with Crippen LogP contribution in [0.25, 0.3) is 0 Å². The van der Waals surface area contributed by atoms with Gasteiger partial charge in [0.05, 0.1) is 7.11 Å². The van der Waals surface area contributed by atoms with Crippen LogP contribution in [0.1, 0.15) is 9.50 Å². The van der Waals surface area contributed by atoms with Gasteiger partial charge in [0, 0.05) is 6.07 Å². The summed E-state index contributed by atoms with van der Waals surface area (Å²) in [7, 11) is 1.49. The highest BCUT2D eigenvalue weighted by Crippen LogP contribution is 2.32. The summed E-state index contributed by atoms with van der Waals surface area (Å²) in [5.74, 6) is 0.917. The van der Waals surface area contributed by atoms with Crippen molar-refractivity contribution in [3.8, 4) is 5.75 Å². The molecule has 0 fully saturated rings. The molecule has 0 aliphatic carbocycles. The van der Waals surface area contributed by atoms with Crippen LogP contribution in [0.2, 0.25) is 0 Å². The molecule has 0 aromatic carbocycles. The van der Waals surface area contributed by atoms with Gasteiger partial charge in [0.15, 0.2) is 0 Å². The van der Waals surface area contributed by atoms with Gasteiger partial charge in [-0.15, -0.1) is 0 Å². The molecule has 0 unspecified atom stereocenters. The van der Waals surface area contributed by atoms with E-state index in [4.69, 9.17) is 9.15 Å². The van der Waals surface area contributed by atoms with Crippen molar-refractivity contribution in [1.29, 1.82) is 0 Å². The molecule has 0 amide bonds. The summed E-state index contributed by atoms with van der Waals surface area (Å²) >= 11 is 9.50. The van der Waals surface area contributed by atoms with E-state index in [1.54, 1.807) is 6.07 Å². The molecule has 0 aliphatic rings. The van der Waals surface area contributed by atoms with Crippen molar-refractivity contribution in [2.24, 2.45) is 0 Å². The first kappa shape index (κ1) is 11.3. The van der Waals surface area contributed by atoms with E-state index in [1.165, 1.54) is 7.11 Å². The minimum absolute atomic E-state index is 0.199. The third-order valence-corrected chi connectivity index (χ3v) is 2.93. The molecule has 0 radical (unpaired) electrons. The second-order valence-corrected chi connectivity index (χ2v) is 5.97. The number of hydrogen-bond acceptors (Lipinski definition) is 3. The van der Waals surface area contributed by atoms with Crippen LogP contribution < -0.4 is 10.4 Å². The third-order valence-electron chi connectivity index (χ3n) is 1.31. The van der Waals surface area contributed by atoms with E-state index >= 15 is 0 Å². The van der Waals surface area contributed by atoms with Gasteiger partial charge in [-0.3, -0.25) is 0 Å². The molecule has 1 rings (SSSR count). The van der Waals surface area contributed by atoms with Gasteiger partial charge in [-0.25, -0.2) is 4.79 Å². The van der Waals surface area contributed by atoms with Crippen LogP contribution in [-0.4, -0.2) is 7.11 Å². The van der Waals surface area contributed by atoms with Gasteiger partial charge >= 0.3 is 5.63 Å². The largest absolute Gasteiger partial charge is 0.495 e. The Morgan fingerprint density at radius 2 is 2.15 bits per heavy atom. The first-order valence-electron chi connectivity index (χ1n) is 3.22. The predicted molar refractivity (Wildman–Crippen MR) is 59.8 cm³/mol. The molecule has 0 saturated heterocycles. The molecule has 0 atom stereocenters. The van der Waals surface area contributed by atoms with Gasteiger partial charge in [-0.2, -0.15) is 0 Å². The van der Waals surface area contributed by atoms with E-state index in [1.807, 2.05) is 0 Å². The van der Waals surface area contributed by atoms with E-state index in [2.05, 4.69) is 47.8 Å². The van der Waals surface area contributed by atoms with Crippen molar-refractivity contribution in [2.75, 3.05) is 7.11 Å². The lowest BCUT2D eigenvalue weighted by Gasteiger charge is -2.04. The average Bonchev–Trinajstić information content (AvgIpc) is 2.09. The molecule has 1 aromatic rings. The molecule has 1 aromatic heterocycles. The van der Waals surface area contributed by atoms with Crippen molar-refractivity contribution in [1.82, 2.24) is 0 Å². The number of alkyl halides is 2. The van der Waals surface area contributed by atoms with Crippen LogP contribution in [0.4, 0.5) is 0 Å². The van der Waals surface area contributed by atoms with Crippen molar-refractivity contribution >= 4 is 47.8 Å². The zero-order chi connectivity index (χ0) is 10.0. The lowest BCUT2D eigenvalue weighted by atomic mass is 10.4. The summed E-state index contributed by atoms with van der Waals surface area (Å²) in [6.45, 7) is 0. The quantitative estimate of drug-likeness (QED) is 0.744. The van der Waals surface area contributed by atoms with Gasteiger partial charge in [0.25, 0.3) is 0 Å². The van der Waals surface area contributed by atoms with Crippen LogP contribution in [0, 0.1) is 0 Å². The van der Waals surface area contributed by atoms with E-state index in [0.29, 0.717) is 16.0 Å². The zero-order valence-corrected chi connectivity index (χ0v) is 11.3. The molecule has 0 spiro atoms. The summed E-state index contributed by atoms with van der Waals surface area (Å²) in [6.07, 6.45) is 0. The van der Waals surface area contributed by atoms with Crippen molar-refractivity contribution in [3.05, 3.63) is 26.7 Å². The number of rotatable bonds is 2. The van der Waals surface area contributed by atoms with Crippen LogP contribution in [0.3, 0.4) is 0 Å². The van der Waals surface area contributed by atoms with E-state index < -0.39 is 5.63 Å². The van der Waals surface area contributed by atoms with Crippen molar-refractivity contribution < 1.29 is 9.15 Å². The van der Waals surface area contributed by atoms with Crippen molar-refractivity contribution in [3.63, 3.8) is 0 Å². The Morgan fingerprint density at radius 3 is 2.62 bits per heavy atom. The van der Waals surface area contributed by atoms with Crippen LogP contribution >= 0.6 is 47.8 Å². The first-order chi connectivity index (χ1) is 6.06. The van der Waals surface area contributed by atoms with Gasteiger partial charge in [0.1, 0.15) is 19.7 Å². The lowest BCUT2D eigenvalue weighted by Crippen LogP contribution is -2.04. The normalized spacial score (nSPS) is 10.5. The Kier molecular flexibility index (Phi) is 4.00. The fourth-order valence-electron chi connectivity index (χ4n) is 0.731. The Morgan fingerprint density at radius 1 is 1.54 bits per heavy atom. The number of methoxy groups -OCH3 is 1. The molecular weight excluding hydrogens is 372 g/mol. The molecule has 0 saturated carbocycles. The Balaban J connectivity index is 3.31. The molecule has 1 heterocycles. The molecule has 13 heavy (non-hydrogen) atoms. The van der Waals surface area contributed by atoms with Gasteiger partial charge in [-0.1, -0.05) is 31.9 Å². The SMILES string of the molecule is COc1cc(C(Br)Br)oc(=O)c1Br. The van der Waals surface area contributed by atoms with E-state index in [9.17, 15) is 4.79 Å². The van der Waals surface area contributed by atoms with Crippen LogP contribution in [-0.2, 0) is 0 Å². The standard InChI is InChI=1S/C7H5Br3O3/c1-12-3-2-4(6(9)10)13-7(11)5(3)8/h2,6H,1H3. The van der Waals surface area contributed by atoms with Gasteiger partial charge < -0.3 is 9.15 Å². The Labute approximate surface area is 99.8 Å². The monoisotopic (exact) mass is 374 g/mol. The second kappa shape index (κ2) is 4.61. The highest BCUT2D eigenvalue weighted by atomic mass is 79.9. The smallest absolute Gasteiger partial charge is 0.354 e. The highest BCUT2D eigenvalue weighted by Gasteiger charge is 2.13. The fourth-order valence-corrected chi connectivity index (χ4v) is 1.54. The lowest BCUT2D eigenvalue weighted by molar-refractivity contribution is 0.391. The van der Waals surface area contributed by atoms with E-state index in [0.717, 1.165) is 0 Å². The van der Waals surface area contributed by atoms with Gasteiger partial charge in [-0.05, 0) is 15.9 Å². The maximum absolute atomic E-state index is 11.2. The Hall–Kier alpha value is 0.190. The molecule has 3 nitrogen and oxygen atoms in total. The summed E-state index contributed by atoms with van der Waals surface area (Å²) in [5.41, 5.74) is -0.460. The molecule has 0 N–H and O–H groups in total. The molecule has 0 bridgehead atoms. The summed E-state index contributed by atoms with van der Waals surface area (Å²) in [6, 6.07) is 1.62. The molecule has 0 aliphatic heterocycles. The van der Waals surface area contributed by atoms with Crippen LogP contribution in [0.15, 0.2) is 19.8 Å². The first-order valence-corrected chi connectivity index (χ1v) is 5.84. The summed E-state index contributed by atoms with van der Waals surface area (Å²) in [4.78, 5) is 11.2. The maximum atomic E-state index is 11.2. The molecule has 72 valence electrons. The summed E-state index contributed by atoms with van der Waals surface area (Å²) in [5, 5.41) is 0. The van der Waals surface area contributed by atoms with Crippen molar-refractivity contribution in [2.45, 2.75) is 3.74 Å². The van der Waals surface area contributed by atoms with E-state index in [-0.39, 0.29) is 3.74 Å². The Bertz CT molecular complexity index is 358. The molecular formula is C7H5Br3O3. The highest BCUT2D eigenvalue weighted by molar-refractivity contribution is 9.24.